The largest absolute Gasteiger partial charge is 0.483 e. The van der Waals surface area contributed by atoms with Gasteiger partial charge in [0.1, 0.15) is 5.75 Å². The van der Waals surface area contributed by atoms with Crippen LogP contribution >= 0.6 is 0 Å². The van der Waals surface area contributed by atoms with Gasteiger partial charge in [-0.15, -0.1) is 0 Å². The van der Waals surface area contributed by atoms with Gasteiger partial charge < -0.3 is 15.4 Å². The molecule has 1 atom stereocenters. The minimum absolute atomic E-state index is 0.0664. The molecule has 2 rings (SSSR count). The van der Waals surface area contributed by atoms with Crippen molar-refractivity contribution in [1.82, 2.24) is 5.32 Å². The molecule has 0 saturated carbocycles. The van der Waals surface area contributed by atoms with Crippen LogP contribution in [-0.2, 0) is 4.79 Å². The first-order valence-electron chi connectivity index (χ1n) is 9.33. The van der Waals surface area contributed by atoms with Crippen LogP contribution in [0, 0.1) is 0 Å². The van der Waals surface area contributed by atoms with Crippen molar-refractivity contribution in [2.75, 3.05) is 11.9 Å². The van der Waals surface area contributed by atoms with Gasteiger partial charge in [-0.25, -0.2) is 0 Å². The van der Waals surface area contributed by atoms with E-state index in [9.17, 15) is 9.59 Å². The van der Waals surface area contributed by atoms with Crippen molar-refractivity contribution in [2.24, 2.45) is 0 Å². The van der Waals surface area contributed by atoms with E-state index in [2.05, 4.69) is 24.5 Å². The van der Waals surface area contributed by atoms with Crippen molar-refractivity contribution in [1.29, 1.82) is 0 Å². The molecule has 0 aliphatic heterocycles. The molecular formula is C22H28N2O3. The van der Waals surface area contributed by atoms with Gasteiger partial charge >= 0.3 is 0 Å². The van der Waals surface area contributed by atoms with E-state index in [1.807, 2.05) is 38.1 Å². The minimum atomic E-state index is -0.242. The molecule has 27 heavy (non-hydrogen) atoms. The monoisotopic (exact) mass is 368 g/mol. The van der Waals surface area contributed by atoms with Crippen molar-refractivity contribution in [2.45, 2.75) is 46.1 Å². The van der Waals surface area contributed by atoms with E-state index in [1.54, 1.807) is 24.3 Å². The number of carbonyl (C=O) groups excluding carboxylic acids is 2. The fourth-order valence-electron chi connectivity index (χ4n) is 2.63. The molecule has 0 radical (unpaired) electrons. The Morgan fingerprint density at radius 3 is 2.30 bits per heavy atom. The van der Waals surface area contributed by atoms with E-state index in [4.69, 9.17) is 4.74 Å². The van der Waals surface area contributed by atoms with E-state index >= 15 is 0 Å². The quantitative estimate of drug-likeness (QED) is 0.728. The molecule has 5 heteroatoms. The fourth-order valence-corrected chi connectivity index (χ4v) is 2.63. The van der Waals surface area contributed by atoms with Crippen LogP contribution in [0.1, 0.15) is 56.0 Å². The highest BCUT2D eigenvalue weighted by Gasteiger charge is 2.12. The van der Waals surface area contributed by atoms with Gasteiger partial charge in [0.05, 0.1) is 0 Å². The van der Waals surface area contributed by atoms with Gasteiger partial charge in [-0.2, -0.15) is 0 Å². The lowest BCUT2D eigenvalue weighted by molar-refractivity contribution is -0.118. The first-order chi connectivity index (χ1) is 12.9. The number of benzene rings is 2. The number of hydrogen-bond acceptors (Lipinski definition) is 3. The molecule has 0 aliphatic carbocycles. The van der Waals surface area contributed by atoms with Gasteiger partial charge in [0.25, 0.3) is 11.8 Å². The predicted octanol–water partition coefficient (Wildman–Crippen LogP) is 4.36. The van der Waals surface area contributed by atoms with Crippen LogP contribution < -0.4 is 15.4 Å². The van der Waals surface area contributed by atoms with Crippen molar-refractivity contribution in [3.05, 3.63) is 59.7 Å². The molecule has 5 nitrogen and oxygen atoms in total. The van der Waals surface area contributed by atoms with E-state index in [0.717, 1.165) is 17.7 Å². The molecule has 0 fully saturated rings. The maximum atomic E-state index is 12.2. The Labute approximate surface area is 161 Å². The molecular weight excluding hydrogens is 340 g/mol. The molecule has 0 aromatic heterocycles. The van der Waals surface area contributed by atoms with Crippen LogP contribution in [-0.4, -0.2) is 24.5 Å². The maximum absolute atomic E-state index is 12.2. The van der Waals surface area contributed by atoms with Gasteiger partial charge in [0.2, 0.25) is 0 Å². The zero-order valence-corrected chi connectivity index (χ0v) is 16.4. The summed E-state index contributed by atoms with van der Waals surface area (Å²) in [5, 5.41) is 5.62. The highest BCUT2D eigenvalue weighted by atomic mass is 16.5. The lowest BCUT2D eigenvalue weighted by Gasteiger charge is -2.15. The Kier molecular flexibility index (Phi) is 7.41. The topological polar surface area (TPSA) is 67.4 Å². The third kappa shape index (κ3) is 6.13. The lowest BCUT2D eigenvalue weighted by atomic mass is 9.98. The first kappa shape index (κ1) is 20.5. The number of hydrogen-bond donors (Lipinski definition) is 2. The Balaban J connectivity index is 1.92. The second-order valence-corrected chi connectivity index (χ2v) is 6.89. The average Bonchev–Trinajstić information content (AvgIpc) is 2.66. The van der Waals surface area contributed by atoms with Gasteiger partial charge in [-0.1, -0.05) is 32.0 Å². The molecule has 144 valence electrons. The van der Waals surface area contributed by atoms with Gasteiger partial charge in [0, 0.05) is 17.3 Å². The molecule has 2 N–H and O–H groups in total. The minimum Gasteiger partial charge on any atom is -0.483 e. The highest BCUT2D eigenvalue weighted by Crippen LogP contribution is 2.28. The molecule has 2 aromatic carbocycles. The summed E-state index contributed by atoms with van der Waals surface area (Å²) in [6.45, 7) is 8.01. The summed E-state index contributed by atoms with van der Waals surface area (Å²) in [7, 11) is 0. The highest BCUT2D eigenvalue weighted by molar-refractivity contribution is 5.96. The lowest BCUT2D eigenvalue weighted by Crippen LogP contribution is -2.30. The molecule has 2 amide bonds. The molecule has 0 heterocycles. The number of carbonyl (C=O) groups is 2. The summed E-state index contributed by atoms with van der Waals surface area (Å²) >= 11 is 0. The normalized spacial score (nSPS) is 11.7. The van der Waals surface area contributed by atoms with Gasteiger partial charge in [-0.3, -0.25) is 9.59 Å². The molecule has 1 unspecified atom stereocenters. The summed E-state index contributed by atoms with van der Waals surface area (Å²) in [6, 6.07) is 14.7. The van der Waals surface area contributed by atoms with E-state index < -0.39 is 0 Å². The summed E-state index contributed by atoms with van der Waals surface area (Å²) in [6.07, 6.45) is 1.00. The number of anilines is 1. The van der Waals surface area contributed by atoms with E-state index in [1.165, 1.54) is 0 Å². The van der Waals surface area contributed by atoms with Gasteiger partial charge in [0.15, 0.2) is 6.61 Å². The predicted molar refractivity (Wildman–Crippen MR) is 108 cm³/mol. The Morgan fingerprint density at radius 1 is 1.00 bits per heavy atom. The standard InChI is InChI=1S/C22H28N2O3/c1-5-16(4)19-8-6-7-9-20(19)27-14-21(25)24-18-12-10-17(11-13-18)22(26)23-15(2)3/h6-13,15-16H,5,14H2,1-4H3,(H,23,26)(H,24,25). The smallest absolute Gasteiger partial charge is 0.262 e. The summed E-state index contributed by atoms with van der Waals surface area (Å²) in [5.74, 6) is 0.734. The van der Waals surface area contributed by atoms with Crippen LogP contribution in [0.2, 0.25) is 0 Å². The number of rotatable bonds is 8. The third-order valence-electron chi connectivity index (χ3n) is 4.27. The number of amides is 2. The molecule has 0 aliphatic rings. The Hall–Kier alpha value is -2.82. The first-order valence-corrected chi connectivity index (χ1v) is 9.33. The SMILES string of the molecule is CCC(C)c1ccccc1OCC(=O)Nc1ccc(C(=O)NC(C)C)cc1. The van der Waals surface area contributed by atoms with Crippen molar-refractivity contribution in [3.63, 3.8) is 0 Å². The molecule has 2 aromatic rings. The van der Waals surface area contributed by atoms with Crippen molar-refractivity contribution >= 4 is 17.5 Å². The van der Waals surface area contributed by atoms with E-state index in [-0.39, 0.29) is 24.5 Å². The Bertz CT molecular complexity index is 769. The van der Waals surface area contributed by atoms with Gasteiger partial charge in [-0.05, 0) is 62.1 Å². The molecule has 0 saturated heterocycles. The summed E-state index contributed by atoms with van der Waals surface area (Å²) in [4.78, 5) is 24.1. The van der Waals surface area contributed by atoms with Crippen LogP contribution in [0.15, 0.2) is 48.5 Å². The van der Waals surface area contributed by atoms with Crippen molar-refractivity contribution < 1.29 is 14.3 Å². The van der Waals surface area contributed by atoms with Crippen LogP contribution in [0.5, 0.6) is 5.75 Å². The zero-order valence-electron chi connectivity index (χ0n) is 16.4. The maximum Gasteiger partial charge on any atom is 0.262 e. The molecule has 0 bridgehead atoms. The number of ether oxygens (including phenoxy) is 1. The van der Waals surface area contributed by atoms with Crippen molar-refractivity contribution in [3.8, 4) is 5.75 Å². The number of para-hydroxylation sites is 1. The number of nitrogens with one attached hydrogen (secondary N) is 2. The van der Waals surface area contributed by atoms with E-state index in [0.29, 0.717) is 17.2 Å². The Morgan fingerprint density at radius 2 is 1.67 bits per heavy atom. The third-order valence-corrected chi connectivity index (χ3v) is 4.27. The van der Waals surface area contributed by atoms with Crippen LogP contribution in [0.3, 0.4) is 0 Å². The summed E-state index contributed by atoms with van der Waals surface area (Å²) < 4.78 is 5.72. The second-order valence-electron chi connectivity index (χ2n) is 6.89. The van der Waals surface area contributed by atoms with Crippen LogP contribution in [0.4, 0.5) is 5.69 Å². The zero-order chi connectivity index (χ0) is 19.8. The average molecular weight is 368 g/mol. The fraction of sp³-hybridized carbons (Fsp3) is 0.364. The van der Waals surface area contributed by atoms with Crippen LogP contribution in [0.25, 0.3) is 0 Å². The molecule has 0 spiro atoms. The second kappa shape index (κ2) is 9.76. The summed E-state index contributed by atoms with van der Waals surface area (Å²) in [5.41, 5.74) is 2.29.